The molecule has 0 saturated carbocycles. The molecule has 22 heavy (non-hydrogen) atoms. The van der Waals surface area contributed by atoms with Gasteiger partial charge in [-0.3, -0.25) is 0 Å². The van der Waals surface area contributed by atoms with E-state index in [4.69, 9.17) is 4.42 Å². The Bertz CT molecular complexity index is 1050. The quantitative estimate of drug-likeness (QED) is 0.448. The van der Waals surface area contributed by atoms with Gasteiger partial charge >= 0.3 is 5.63 Å². The van der Waals surface area contributed by atoms with Crippen LogP contribution in [0.1, 0.15) is 0 Å². The molecule has 4 aromatic rings. The van der Waals surface area contributed by atoms with Crippen LogP contribution in [-0.2, 0) is 0 Å². The van der Waals surface area contributed by atoms with Crippen molar-refractivity contribution in [3.8, 4) is 11.4 Å². The number of rotatable bonds is 1. The van der Waals surface area contributed by atoms with Crippen molar-refractivity contribution in [1.82, 2.24) is 9.97 Å². The molecule has 0 aliphatic carbocycles. The monoisotopic (exact) mass is 418 g/mol. The molecule has 0 bridgehead atoms. The predicted molar refractivity (Wildman–Crippen MR) is 93.0 cm³/mol. The maximum atomic E-state index is 12.3. The summed E-state index contributed by atoms with van der Waals surface area (Å²) in [6.45, 7) is 0. The molecule has 0 aliphatic heterocycles. The molecule has 108 valence electrons. The second-order valence-electron chi connectivity index (χ2n) is 4.86. The van der Waals surface area contributed by atoms with Gasteiger partial charge in [-0.15, -0.1) is 0 Å². The van der Waals surface area contributed by atoms with Crippen molar-refractivity contribution >= 4 is 53.9 Å². The second-order valence-corrected chi connectivity index (χ2v) is 6.63. The van der Waals surface area contributed by atoms with Crippen LogP contribution in [0.5, 0.6) is 0 Å². The molecule has 0 saturated heterocycles. The van der Waals surface area contributed by atoms with E-state index in [0.29, 0.717) is 17.0 Å². The number of para-hydroxylation sites is 2. The van der Waals surface area contributed by atoms with E-state index in [-0.39, 0.29) is 0 Å². The van der Waals surface area contributed by atoms with Crippen LogP contribution in [0.3, 0.4) is 0 Å². The first-order chi connectivity index (χ1) is 10.6. The fraction of sp³-hybridized carbons (Fsp3) is 0. The van der Waals surface area contributed by atoms with Gasteiger partial charge < -0.3 is 9.40 Å². The van der Waals surface area contributed by atoms with Gasteiger partial charge in [0.05, 0.1) is 15.5 Å². The topological polar surface area (TPSA) is 58.9 Å². The molecule has 2 heterocycles. The highest BCUT2D eigenvalue weighted by atomic mass is 79.9. The molecule has 0 radical (unpaired) electrons. The number of hydrogen-bond donors (Lipinski definition) is 1. The number of hydrogen-bond acceptors (Lipinski definition) is 3. The lowest BCUT2D eigenvalue weighted by atomic mass is 10.2. The minimum absolute atomic E-state index is 0.411. The fourth-order valence-electron chi connectivity index (χ4n) is 2.40. The van der Waals surface area contributed by atoms with Crippen molar-refractivity contribution in [1.29, 1.82) is 0 Å². The third kappa shape index (κ3) is 2.19. The van der Waals surface area contributed by atoms with Gasteiger partial charge in [-0.25, -0.2) is 9.78 Å². The van der Waals surface area contributed by atoms with E-state index < -0.39 is 5.63 Å². The highest BCUT2D eigenvalue weighted by Crippen LogP contribution is 2.29. The van der Waals surface area contributed by atoms with E-state index in [1.807, 2.05) is 36.4 Å². The number of H-pyrrole nitrogens is 1. The molecule has 2 aromatic carbocycles. The van der Waals surface area contributed by atoms with Gasteiger partial charge in [0.1, 0.15) is 11.4 Å². The summed E-state index contributed by atoms with van der Waals surface area (Å²) >= 11 is 6.84. The second kappa shape index (κ2) is 5.07. The first-order valence-electron chi connectivity index (χ1n) is 6.50. The van der Waals surface area contributed by atoms with Crippen LogP contribution in [0.15, 0.2) is 60.6 Å². The van der Waals surface area contributed by atoms with E-state index in [1.54, 1.807) is 6.07 Å². The Morgan fingerprint density at radius 2 is 1.91 bits per heavy atom. The molecule has 4 rings (SSSR count). The molecule has 0 fully saturated rings. The van der Waals surface area contributed by atoms with Crippen LogP contribution >= 0.6 is 31.9 Å². The summed E-state index contributed by atoms with van der Waals surface area (Å²) in [7, 11) is 0. The molecular weight excluding hydrogens is 412 g/mol. The molecule has 0 amide bonds. The summed E-state index contributed by atoms with van der Waals surface area (Å²) in [5.41, 5.74) is 2.20. The van der Waals surface area contributed by atoms with Crippen LogP contribution in [0.2, 0.25) is 0 Å². The van der Waals surface area contributed by atoms with E-state index in [0.717, 1.165) is 25.4 Å². The Morgan fingerprint density at radius 1 is 1.09 bits per heavy atom. The molecule has 0 atom stereocenters. The first kappa shape index (κ1) is 13.7. The van der Waals surface area contributed by atoms with Crippen molar-refractivity contribution in [2.24, 2.45) is 0 Å². The van der Waals surface area contributed by atoms with Crippen molar-refractivity contribution in [3.63, 3.8) is 0 Å². The molecular formula is C16H8Br2N2O2. The Hall–Kier alpha value is -1.92. The molecule has 1 N–H and O–H groups in total. The van der Waals surface area contributed by atoms with E-state index in [9.17, 15) is 4.79 Å². The van der Waals surface area contributed by atoms with Crippen molar-refractivity contribution in [3.05, 3.63) is 61.8 Å². The Morgan fingerprint density at radius 3 is 2.73 bits per heavy atom. The minimum atomic E-state index is -0.422. The molecule has 2 aromatic heterocycles. The largest absolute Gasteiger partial charge is 0.421 e. The summed E-state index contributed by atoms with van der Waals surface area (Å²) < 4.78 is 7.07. The van der Waals surface area contributed by atoms with Gasteiger partial charge in [-0.05, 0) is 46.3 Å². The number of nitrogens with zero attached hydrogens (tertiary/aromatic N) is 1. The SMILES string of the molecule is O=c1oc2c(Br)cc(Br)cc2cc1-c1nc2ccccc2[nH]1. The van der Waals surface area contributed by atoms with Gasteiger partial charge in [0, 0.05) is 9.86 Å². The predicted octanol–water partition coefficient (Wildman–Crippen LogP) is 4.86. The van der Waals surface area contributed by atoms with Crippen molar-refractivity contribution in [2.75, 3.05) is 0 Å². The maximum absolute atomic E-state index is 12.3. The number of nitrogens with one attached hydrogen (secondary N) is 1. The highest BCUT2D eigenvalue weighted by molar-refractivity contribution is 9.11. The Kier molecular flexibility index (Phi) is 3.16. The molecule has 0 aliphatic rings. The summed E-state index contributed by atoms with van der Waals surface area (Å²) in [5, 5.41) is 0.816. The third-order valence-electron chi connectivity index (χ3n) is 3.40. The van der Waals surface area contributed by atoms with E-state index in [2.05, 4.69) is 41.8 Å². The Labute approximate surface area is 141 Å². The van der Waals surface area contributed by atoms with Crippen LogP contribution in [0.25, 0.3) is 33.4 Å². The number of aromatic nitrogens is 2. The summed E-state index contributed by atoms with van der Waals surface area (Å²) in [5.74, 6) is 0.507. The zero-order valence-corrected chi connectivity index (χ0v) is 14.2. The summed E-state index contributed by atoms with van der Waals surface area (Å²) in [4.78, 5) is 19.9. The van der Waals surface area contributed by atoms with Crippen LogP contribution in [0, 0.1) is 0 Å². The lowest BCUT2D eigenvalue weighted by Gasteiger charge is -2.02. The number of fused-ring (bicyclic) bond motifs is 2. The zero-order valence-electron chi connectivity index (χ0n) is 11.1. The third-order valence-corrected chi connectivity index (χ3v) is 4.44. The standard InChI is InChI=1S/C16H8Br2N2O2/c17-9-5-8-6-10(16(21)22-14(8)11(18)7-9)15-19-12-3-1-2-4-13(12)20-15/h1-7H,(H,19,20). The van der Waals surface area contributed by atoms with Crippen LogP contribution in [0.4, 0.5) is 0 Å². The first-order valence-corrected chi connectivity index (χ1v) is 8.08. The van der Waals surface area contributed by atoms with E-state index in [1.165, 1.54) is 0 Å². The zero-order chi connectivity index (χ0) is 15.3. The van der Waals surface area contributed by atoms with Gasteiger partial charge in [0.25, 0.3) is 0 Å². The smallest absolute Gasteiger partial charge is 0.347 e. The lowest BCUT2D eigenvalue weighted by Crippen LogP contribution is -2.04. The van der Waals surface area contributed by atoms with Gasteiger partial charge in [0.2, 0.25) is 0 Å². The van der Waals surface area contributed by atoms with Crippen molar-refractivity contribution in [2.45, 2.75) is 0 Å². The van der Waals surface area contributed by atoms with Crippen LogP contribution in [-0.4, -0.2) is 9.97 Å². The summed E-state index contributed by atoms with van der Waals surface area (Å²) in [6, 6.07) is 13.2. The maximum Gasteiger partial charge on any atom is 0.347 e. The number of halogens is 2. The number of imidazole rings is 1. The fourth-order valence-corrected chi connectivity index (χ4v) is 3.74. The van der Waals surface area contributed by atoms with Gasteiger partial charge in [-0.2, -0.15) is 0 Å². The summed E-state index contributed by atoms with van der Waals surface area (Å²) in [6.07, 6.45) is 0. The molecule has 0 spiro atoms. The van der Waals surface area contributed by atoms with Gasteiger partial charge in [0.15, 0.2) is 5.58 Å². The lowest BCUT2D eigenvalue weighted by molar-refractivity contribution is 0.561. The average Bonchev–Trinajstić information content (AvgIpc) is 2.91. The van der Waals surface area contributed by atoms with Crippen molar-refractivity contribution < 1.29 is 4.42 Å². The number of benzene rings is 2. The highest BCUT2D eigenvalue weighted by Gasteiger charge is 2.13. The van der Waals surface area contributed by atoms with Crippen LogP contribution < -0.4 is 5.63 Å². The average molecular weight is 420 g/mol. The molecule has 4 nitrogen and oxygen atoms in total. The molecule has 6 heteroatoms. The molecule has 0 unspecified atom stereocenters. The van der Waals surface area contributed by atoms with E-state index >= 15 is 0 Å². The van der Waals surface area contributed by atoms with Gasteiger partial charge in [-0.1, -0.05) is 28.1 Å². The Balaban J connectivity index is 2.02. The normalized spacial score (nSPS) is 11.4. The minimum Gasteiger partial charge on any atom is -0.421 e. The number of aromatic amines is 1.